The van der Waals surface area contributed by atoms with E-state index in [0.29, 0.717) is 6.61 Å². The second-order valence-electron chi connectivity index (χ2n) is 4.59. The number of rotatable bonds is 6. The van der Waals surface area contributed by atoms with Crippen molar-refractivity contribution in [3.05, 3.63) is 51.7 Å². The standard InChI is InChI=1S/C16H21NOS/c1-3-14-9-10-15(19-14)11-18-13-7-5-12(6-8-13)16(17)4-2/h5-10,16H,3-4,11,17H2,1-2H3/t16-/m0/s1. The average molecular weight is 275 g/mol. The first-order valence-corrected chi connectivity index (χ1v) is 7.60. The topological polar surface area (TPSA) is 35.2 Å². The number of thiophene rings is 1. The summed E-state index contributed by atoms with van der Waals surface area (Å²) < 4.78 is 5.79. The zero-order valence-electron chi connectivity index (χ0n) is 11.6. The van der Waals surface area contributed by atoms with Gasteiger partial charge in [-0.05, 0) is 42.7 Å². The van der Waals surface area contributed by atoms with E-state index >= 15 is 0 Å². The highest BCUT2D eigenvalue weighted by Crippen LogP contribution is 2.21. The second-order valence-corrected chi connectivity index (χ2v) is 5.85. The monoisotopic (exact) mass is 275 g/mol. The quantitative estimate of drug-likeness (QED) is 0.853. The third kappa shape index (κ3) is 3.82. The predicted octanol–water partition coefficient (Wildman–Crippen LogP) is 4.30. The Morgan fingerprint density at radius 2 is 1.74 bits per heavy atom. The molecule has 2 rings (SSSR count). The van der Waals surface area contributed by atoms with Crippen molar-refractivity contribution in [2.75, 3.05) is 0 Å². The van der Waals surface area contributed by atoms with Crippen molar-refractivity contribution < 1.29 is 4.74 Å². The van der Waals surface area contributed by atoms with E-state index in [1.165, 1.54) is 15.3 Å². The third-order valence-electron chi connectivity index (χ3n) is 3.19. The van der Waals surface area contributed by atoms with Crippen LogP contribution in [-0.2, 0) is 13.0 Å². The Morgan fingerprint density at radius 3 is 2.32 bits per heavy atom. The molecule has 2 N–H and O–H groups in total. The highest BCUT2D eigenvalue weighted by molar-refractivity contribution is 7.11. The number of aryl methyl sites for hydroxylation is 1. The first-order valence-electron chi connectivity index (χ1n) is 6.78. The Morgan fingerprint density at radius 1 is 1.05 bits per heavy atom. The van der Waals surface area contributed by atoms with Crippen molar-refractivity contribution in [2.24, 2.45) is 5.73 Å². The van der Waals surface area contributed by atoms with Crippen LogP contribution in [0.4, 0.5) is 0 Å². The lowest BCUT2D eigenvalue weighted by Gasteiger charge is -2.10. The van der Waals surface area contributed by atoms with Gasteiger partial charge >= 0.3 is 0 Å². The maximum Gasteiger partial charge on any atom is 0.122 e. The first kappa shape index (κ1) is 14.1. The van der Waals surface area contributed by atoms with Gasteiger partial charge in [-0.1, -0.05) is 26.0 Å². The molecule has 0 aliphatic rings. The molecule has 0 aliphatic carbocycles. The number of benzene rings is 1. The summed E-state index contributed by atoms with van der Waals surface area (Å²) in [6.45, 7) is 4.91. The molecule has 1 aromatic carbocycles. The third-order valence-corrected chi connectivity index (χ3v) is 4.40. The molecule has 1 aromatic heterocycles. The van der Waals surface area contributed by atoms with Gasteiger partial charge in [-0.15, -0.1) is 11.3 Å². The Bertz CT molecular complexity index is 504. The van der Waals surface area contributed by atoms with Crippen molar-refractivity contribution >= 4 is 11.3 Å². The van der Waals surface area contributed by atoms with Crippen molar-refractivity contribution in [1.82, 2.24) is 0 Å². The van der Waals surface area contributed by atoms with Crippen molar-refractivity contribution in [1.29, 1.82) is 0 Å². The molecule has 102 valence electrons. The van der Waals surface area contributed by atoms with Crippen LogP contribution >= 0.6 is 11.3 Å². The van der Waals surface area contributed by atoms with Gasteiger partial charge in [0.15, 0.2) is 0 Å². The lowest BCUT2D eigenvalue weighted by Crippen LogP contribution is -2.08. The molecule has 2 nitrogen and oxygen atoms in total. The Labute approximate surface area is 119 Å². The minimum absolute atomic E-state index is 0.124. The Hall–Kier alpha value is -1.32. The molecule has 1 atom stereocenters. The van der Waals surface area contributed by atoms with E-state index in [1.54, 1.807) is 0 Å². The predicted molar refractivity (Wildman–Crippen MR) is 81.7 cm³/mol. The van der Waals surface area contributed by atoms with Crippen LogP contribution in [0.2, 0.25) is 0 Å². The number of ether oxygens (including phenoxy) is 1. The molecular formula is C16H21NOS. The van der Waals surface area contributed by atoms with Crippen LogP contribution in [-0.4, -0.2) is 0 Å². The number of nitrogens with two attached hydrogens (primary N) is 1. The summed E-state index contributed by atoms with van der Waals surface area (Å²) in [6.07, 6.45) is 2.05. The maximum atomic E-state index is 5.99. The average Bonchev–Trinajstić information content (AvgIpc) is 2.93. The van der Waals surface area contributed by atoms with Crippen LogP contribution < -0.4 is 10.5 Å². The van der Waals surface area contributed by atoms with E-state index in [0.717, 1.165) is 18.6 Å². The van der Waals surface area contributed by atoms with Gasteiger partial charge in [0.05, 0.1) is 0 Å². The Kier molecular flexibility index (Phi) is 5.00. The molecule has 1 heterocycles. The normalized spacial score (nSPS) is 12.4. The van der Waals surface area contributed by atoms with Crippen LogP contribution in [0.1, 0.15) is 41.6 Å². The van der Waals surface area contributed by atoms with Crippen molar-refractivity contribution in [2.45, 2.75) is 39.3 Å². The van der Waals surface area contributed by atoms with Crippen LogP contribution in [0.15, 0.2) is 36.4 Å². The van der Waals surface area contributed by atoms with Gasteiger partial charge in [-0.25, -0.2) is 0 Å². The second kappa shape index (κ2) is 6.73. The van der Waals surface area contributed by atoms with Gasteiger partial charge in [0.25, 0.3) is 0 Å². The molecule has 0 amide bonds. The van der Waals surface area contributed by atoms with Crippen molar-refractivity contribution in [3.8, 4) is 5.75 Å². The molecular weight excluding hydrogens is 254 g/mol. The van der Waals surface area contributed by atoms with E-state index < -0.39 is 0 Å². The lowest BCUT2D eigenvalue weighted by atomic mass is 10.1. The summed E-state index contributed by atoms with van der Waals surface area (Å²) in [5.41, 5.74) is 7.15. The summed E-state index contributed by atoms with van der Waals surface area (Å²) in [5, 5.41) is 0. The number of hydrogen-bond acceptors (Lipinski definition) is 3. The molecule has 3 heteroatoms. The van der Waals surface area contributed by atoms with E-state index in [4.69, 9.17) is 10.5 Å². The molecule has 19 heavy (non-hydrogen) atoms. The molecule has 2 aromatic rings. The van der Waals surface area contributed by atoms with Crippen LogP contribution in [0, 0.1) is 0 Å². The molecule has 0 saturated carbocycles. The molecule has 0 spiro atoms. The van der Waals surface area contributed by atoms with E-state index in [1.807, 2.05) is 23.5 Å². The van der Waals surface area contributed by atoms with E-state index in [2.05, 4.69) is 38.1 Å². The number of hydrogen-bond donors (Lipinski definition) is 1. The van der Waals surface area contributed by atoms with Crippen molar-refractivity contribution in [3.63, 3.8) is 0 Å². The van der Waals surface area contributed by atoms with Gasteiger partial charge in [-0.3, -0.25) is 0 Å². The molecule has 0 aliphatic heterocycles. The fourth-order valence-electron chi connectivity index (χ4n) is 1.89. The smallest absolute Gasteiger partial charge is 0.122 e. The summed E-state index contributed by atoms with van der Waals surface area (Å²) in [7, 11) is 0. The van der Waals surface area contributed by atoms with Gasteiger partial charge in [0.2, 0.25) is 0 Å². The Balaban J connectivity index is 1.92. The van der Waals surface area contributed by atoms with E-state index in [9.17, 15) is 0 Å². The fraction of sp³-hybridized carbons (Fsp3) is 0.375. The largest absolute Gasteiger partial charge is 0.488 e. The summed E-state index contributed by atoms with van der Waals surface area (Å²) in [6, 6.07) is 12.5. The summed E-state index contributed by atoms with van der Waals surface area (Å²) in [4.78, 5) is 2.68. The van der Waals surface area contributed by atoms with Gasteiger partial charge < -0.3 is 10.5 Å². The molecule has 0 bridgehead atoms. The molecule has 0 radical (unpaired) electrons. The van der Waals surface area contributed by atoms with Crippen LogP contribution in [0.5, 0.6) is 5.75 Å². The zero-order valence-corrected chi connectivity index (χ0v) is 12.4. The van der Waals surface area contributed by atoms with Gasteiger partial charge in [0.1, 0.15) is 12.4 Å². The maximum absolute atomic E-state index is 5.99. The fourth-order valence-corrected chi connectivity index (χ4v) is 2.76. The van der Waals surface area contributed by atoms with Crippen LogP contribution in [0.25, 0.3) is 0 Å². The molecule has 0 saturated heterocycles. The summed E-state index contributed by atoms with van der Waals surface area (Å²) in [5.74, 6) is 0.901. The van der Waals surface area contributed by atoms with E-state index in [-0.39, 0.29) is 6.04 Å². The van der Waals surface area contributed by atoms with Gasteiger partial charge in [-0.2, -0.15) is 0 Å². The highest BCUT2D eigenvalue weighted by atomic mass is 32.1. The minimum atomic E-state index is 0.124. The van der Waals surface area contributed by atoms with Crippen LogP contribution in [0.3, 0.4) is 0 Å². The molecule has 0 unspecified atom stereocenters. The minimum Gasteiger partial charge on any atom is -0.488 e. The SMILES string of the molecule is CCc1ccc(COc2ccc([C@@H](N)CC)cc2)s1. The lowest BCUT2D eigenvalue weighted by molar-refractivity contribution is 0.309. The molecule has 0 fully saturated rings. The first-order chi connectivity index (χ1) is 9.22. The van der Waals surface area contributed by atoms with Gasteiger partial charge in [0, 0.05) is 15.8 Å². The summed E-state index contributed by atoms with van der Waals surface area (Å²) >= 11 is 1.82. The highest BCUT2D eigenvalue weighted by Gasteiger charge is 2.04. The zero-order chi connectivity index (χ0) is 13.7.